The van der Waals surface area contributed by atoms with Gasteiger partial charge in [-0.15, -0.1) is 0 Å². The molecule has 25 heavy (non-hydrogen) atoms. The average Bonchev–Trinajstić information content (AvgIpc) is 2.60. The van der Waals surface area contributed by atoms with Crippen molar-refractivity contribution in [1.82, 2.24) is 4.90 Å². The monoisotopic (exact) mass is 355 g/mol. The summed E-state index contributed by atoms with van der Waals surface area (Å²) in [5.41, 5.74) is 2.71. The van der Waals surface area contributed by atoms with E-state index in [0.29, 0.717) is 18.2 Å². The highest BCUT2D eigenvalue weighted by Crippen LogP contribution is 2.34. The Morgan fingerprint density at radius 2 is 1.96 bits per heavy atom. The molecule has 0 saturated carbocycles. The second-order valence-electron chi connectivity index (χ2n) is 6.90. The van der Waals surface area contributed by atoms with Crippen LogP contribution in [0.5, 0.6) is 0 Å². The van der Waals surface area contributed by atoms with E-state index in [1.165, 1.54) is 6.08 Å². The van der Waals surface area contributed by atoms with Crippen molar-refractivity contribution in [1.29, 1.82) is 0 Å². The van der Waals surface area contributed by atoms with Gasteiger partial charge in [-0.25, -0.2) is 0 Å². The first-order valence-electron chi connectivity index (χ1n) is 8.32. The minimum absolute atomic E-state index is 0.0948. The molecule has 0 N–H and O–H groups in total. The fourth-order valence-electron chi connectivity index (χ4n) is 3.19. The van der Waals surface area contributed by atoms with Crippen LogP contribution in [-0.2, 0) is 9.53 Å². The van der Waals surface area contributed by atoms with E-state index in [9.17, 15) is 4.79 Å². The lowest BCUT2D eigenvalue weighted by Gasteiger charge is -2.43. The summed E-state index contributed by atoms with van der Waals surface area (Å²) in [6.45, 7) is 8.55. The van der Waals surface area contributed by atoms with Crippen molar-refractivity contribution in [3.05, 3.63) is 71.8 Å². The Morgan fingerprint density at radius 3 is 2.64 bits per heavy atom. The van der Waals surface area contributed by atoms with Gasteiger partial charge in [0.15, 0.2) is 0 Å². The van der Waals surface area contributed by atoms with Crippen molar-refractivity contribution < 1.29 is 9.53 Å². The molecule has 0 aliphatic carbocycles. The van der Waals surface area contributed by atoms with Crippen LogP contribution < -0.4 is 0 Å². The van der Waals surface area contributed by atoms with Crippen molar-refractivity contribution in [3.8, 4) is 11.1 Å². The number of carbonyl (C=O) groups is 1. The lowest BCUT2D eigenvalue weighted by Crippen LogP contribution is -2.51. The standard InChI is InChI=1S/C21H22ClNO2/c1-4-20(24)23-14-21(2,3)25-13-19(23)17-10-16(11-18(22)12-17)15-8-6-5-7-9-15/h4-12,19H,1,13-14H2,2-3H3/t19-/m0/s1. The number of morpholine rings is 1. The molecule has 0 radical (unpaired) electrons. The van der Waals surface area contributed by atoms with Crippen LogP contribution in [0.3, 0.4) is 0 Å². The average molecular weight is 356 g/mol. The Kier molecular flexibility index (Phi) is 4.98. The Labute approximate surface area is 153 Å². The van der Waals surface area contributed by atoms with Gasteiger partial charge in [0.1, 0.15) is 0 Å². The normalized spacial score (nSPS) is 19.5. The topological polar surface area (TPSA) is 29.5 Å². The molecule has 1 heterocycles. The highest BCUT2D eigenvalue weighted by Gasteiger charge is 2.36. The quantitative estimate of drug-likeness (QED) is 0.735. The van der Waals surface area contributed by atoms with Gasteiger partial charge in [0, 0.05) is 5.02 Å². The molecular formula is C21H22ClNO2. The van der Waals surface area contributed by atoms with Gasteiger partial charge < -0.3 is 9.64 Å². The Balaban J connectivity index is 2.01. The first-order chi connectivity index (χ1) is 11.9. The predicted molar refractivity (Wildman–Crippen MR) is 102 cm³/mol. The van der Waals surface area contributed by atoms with Crippen LogP contribution in [0.4, 0.5) is 0 Å². The Hall–Kier alpha value is -2.10. The van der Waals surface area contributed by atoms with Crippen LogP contribution in [0, 0.1) is 0 Å². The third-order valence-corrected chi connectivity index (χ3v) is 4.65. The fourth-order valence-corrected chi connectivity index (χ4v) is 3.43. The van der Waals surface area contributed by atoms with Crippen LogP contribution in [0.2, 0.25) is 5.02 Å². The van der Waals surface area contributed by atoms with Gasteiger partial charge in [-0.2, -0.15) is 0 Å². The molecule has 2 aromatic rings. The van der Waals surface area contributed by atoms with Crippen molar-refractivity contribution in [2.75, 3.05) is 13.2 Å². The summed E-state index contributed by atoms with van der Waals surface area (Å²) in [5.74, 6) is -0.0948. The van der Waals surface area contributed by atoms with Crippen LogP contribution >= 0.6 is 11.6 Å². The smallest absolute Gasteiger partial charge is 0.246 e. The number of rotatable bonds is 3. The van der Waals surface area contributed by atoms with Gasteiger partial charge >= 0.3 is 0 Å². The zero-order valence-electron chi connectivity index (χ0n) is 14.5. The van der Waals surface area contributed by atoms with Gasteiger partial charge in [-0.3, -0.25) is 4.79 Å². The zero-order chi connectivity index (χ0) is 18.0. The second kappa shape index (κ2) is 7.03. The number of amides is 1. The number of carbonyl (C=O) groups excluding carboxylic acids is 1. The van der Waals surface area contributed by atoms with E-state index in [-0.39, 0.29) is 17.6 Å². The maximum Gasteiger partial charge on any atom is 0.246 e. The Morgan fingerprint density at radius 1 is 1.24 bits per heavy atom. The zero-order valence-corrected chi connectivity index (χ0v) is 15.3. The number of ether oxygens (including phenoxy) is 1. The predicted octanol–water partition coefficient (Wildman–Crippen LogP) is 4.87. The summed E-state index contributed by atoms with van der Waals surface area (Å²) in [6, 6.07) is 15.8. The van der Waals surface area contributed by atoms with Gasteiger partial charge in [-0.1, -0.05) is 48.5 Å². The molecule has 1 fully saturated rings. The third-order valence-electron chi connectivity index (χ3n) is 4.43. The van der Waals surface area contributed by atoms with Gasteiger partial charge in [0.25, 0.3) is 0 Å². The van der Waals surface area contributed by atoms with Crippen LogP contribution in [0.1, 0.15) is 25.5 Å². The maximum atomic E-state index is 12.4. The number of hydrogen-bond acceptors (Lipinski definition) is 2. The van der Waals surface area contributed by atoms with E-state index in [1.54, 1.807) is 0 Å². The van der Waals surface area contributed by atoms with Crippen molar-refractivity contribution >= 4 is 17.5 Å². The summed E-state index contributed by atoms with van der Waals surface area (Å²) >= 11 is 6.37. The molecule has 0 unspecified atom stereocenters. The summed E-state index contributed by atoms with van der Waals surface area (Å²) in [7, 11) is 0. The van der Waals surface area contributed by atoms with Gasteiger partial charge in [-0.05, 0) is 54.8 Å². The van der Waals surface area contributed by atoms with E-state index >= 15 is 0 Å². The molecule has 0 spiro atoms. The molecule has 4 heteroatoms. The highest BCUT2D eigenvalue weighted by atomic mass is 35.5. The minimum atomic E-state index is -0.379. The molecule has 1 aliphatic rings. The minimum Gasteiger partial charge on any atom is -0.371 e. The third kappa shape index (κ3) is 3.94. The molecule has 0 aromatic heterocycles. The summed E-state index contributed by atoms with van der Waals surface area (Å²) in [4.78, 5) is 14.2. The van der Waals surface area contributed by atoms with E-state index in [2.05, 4.69) is 12.6 Å². The first kappa shape index (κ1) is 17.7. The van der Waals surface area contributed by atoms with Crippen molar-refractivity contribution in [2.45, 2.75) is 25.5 Å². The fraction of sp³-hybridized carbons (Fsp3) is 0.286. The van der Waals surface area contributed by atoms with E-state index < -0.39 is 0 Å². The first-order valence-corrected chi connectivity index (χ1v) is 8.70. The van der Waals surface area contributed by atoms with E-state index in [4.69, 9.17) is 16.3 Å². The second-order valence-corrected chi connectivity index (χ2v) is 7.33. The van der Waals surface area contributed by atoms with Crippen molar-refractivity contribution in [2.24, 2.45) is 0 Å². The molecule has 1 aliphatic heterocycles. The maximum absolute atomic E-state index is 12.4. The number of benzene rings is 2. The summed E-state index contributed by atoms with van der Waals surface area (Å²) in [5, 5.41) is 0.646. The largest absolute Gasteiger partial charge is 0.371 e. The summed E-state index contributed by atoms with van der Waals surface area (Å²) in [6.07, 6.45) is 1.36. The molecule has 3 nitrogen and oxygen atoms in total. The molecule has 1 atom stereocenters. The molecule has 1 amide bonds. The van der Waals surface area contributed by atoms with E-state index in [0.717, 1.165) is 16.7 Å². The molecule has 0 bridgehead atoms. The number of halogens is 1. The lowest BCUT2D eigenvalue weighted by molar-refractivity contribution is -0.151. The van der Waals surface area contributed by atoms with Crippen LogP contribution in [0.15, 0.2) is 61.2 Å². The Bertz CT molecular complexity index is 786. The van der Waals surface area contributed by atoms with Gasteiger partial charge in [0.2, 0.25) is 5.91 Å². The van der Waals surface area contributed by atoms with Crippen LogP contribution in [0.25, 0.3) is 11.1 Å². The molecular weight excluding hydrogens is 334 g/mol. The van der Waals surface area contributed by atoms with Crippen LogP contribution in [-0.4, -0.2) is 29.6 Å². The number of hydrogen-bond donors (Lipinski definition) is 0. The molecule has 3 rings (SSSR count). The molecule has 1 saturated heterocycles. The highest BCUT2D eigenvalue weighted by molar-refractivity contribution is 6.31. The van der Waals surface area contributed by atoms with Crippen molar-refractivity contribution in [3.63, 3.8) is 0 Å². The summed E-state index contributed by atoms with van der Waals surface area (Å²) < 4.78 is 5.97. The lowest BCUT2D eigenvalue weighted by atomic mass is 9.96. The molecule has 130 valence electrons. The molecule has 2 aromatic carbocycles. The van der Waals surface area contributed by atoms with E-state index in [1.807, 2.05) is 61.2 Å². The number of nitrogens with zero attached hydrogens (tertiary/aromatic N) is 1. The van der Waals surface area contributed by atoms with Gasteiger partial charge in [0.05, 0.1) is 24.8 Å². The SMILES string of the molecule is C=CC(=O)N1CC(C)(C)OC[C@H]1c1cc(Cl)cc(-c2ccccc2)c1.